The Bertz CT molecular complexity index is 890. The predicted octanol–water partition coefficient (Wildman–Crippen LogP) is 1.62. The molecule has 1 aliphatic heterocycles. The van der Waals surface area contributed by atoms with E-state index in [9.17, 15) is 14.4 Å². The summed E-state index contributed by atoms with van der Waals surface area (Å²) in [5, 5.41) is 9.48. The van der Waals surface area contributed by atoms with Gasteiger partial charge in [0.05, 0.1) is 5.69 Å². The number of aryl methyl sites for hydroxylation is 1. The van der Waals surface area contributed by atoms with Crippen molar-refractivity contribution >= 4 is 23.2 Å². The Morgan fingerprint density at radius 3 is 2.88 bits per heavy atom. The molecule has 1 aromatic heterocycles. The van der Waals surface area contributed by atoms with Crippen LogP contribution in [-0.4, -0.2) is 27.7 Å². The number of anilines is 2. The summed E-state index contributed by atoms with van der Waals surface area (Å²) in [5.41, 5.74) is 0.864. The summed E-state index contributed by atoms with van der Waals surface area (Å²) >= 11 is 0. The first-order valence-electron chi connectivity index (χ1n) is 7.99. The van der Waals surface area contributed by atoms with Crippen molar-refractivity contribution in [3.8, 4) is 5.75 Å². The van der Waals surface area contributed by atoms with Crippen molar-refractivity contribution in [3.63, 3.8) is 0 Å². The molecule has 8 heteroatoms. The minimum Gasteiger partial charge on any atom is -0.479 e. The van der Waals surface area contributed by atoms with E-state index >= 15 is 0 Å². The maximum atomic E-state index is 12.4. The molecule has 25 heavy (non-hydrogen) atoms. The fraction of sp³-hybridized carbons (Fsp3) is 0.294. The van der Waals surface area contributed by atoms with Crippen molar-refractivity contribution in [3.05, 3.63) is 46.4 Å². The van der Waals surface area contributed by atoms with Gasteiger partial charge in [0.25, 0.3) is 17.4 Å². The highest BCUT2D eigenvalue weighted by atomic mass is 16.5. The van der Waals surface area contributed by atoms with Gasteiger partial charge in [-0.25, -0.2) is 4.68 Å². The molecule has 1 aromatic carbocycles. The number of nitrogens with zero attached hydrogens (tertiary/aromatic N) is 2. The smallest absolute Gasteiger partial charge is 0.276 e. The monoisotopic (exact) mass is 342 g/mol. The summed E-state index contributed by atoms with van der Waals surface area (Å²) in [4.78, 5) is 35.7. The van der Waals surface area contributed by atoms with Crippen LogP contribution in [0.25, 0.3) is 0 Å². The van der Waals surface area contributed by atoms with Crippen molar-refractivity contribution in [1.29, 1.82) is 0 Å². The van der Waals surface area contributed by atoms with Crippen LogP contribution in [0.3, 0.4) is 0 Å². The van der Waals surface area contributed by atoms with Gasteiger partial charge in [-0.3, -0.25) is 14.4 Å². The number of hydrogen-bond donors (Lipinski definition) is 2. The second-order valence-electron chi connectivity index (χ2n) is 5.69. The second kappa shape index (κ2) is 6.76. The molecule has 130 valence electrons. The highest BCUT2D eigenvalue weighted by molar-refractivity contribution is 6.04. The Morgan fingerprint density at radius 2 is 2.12 bits per heavy atom. The highest BCUT2D eigenvalue weighted by Gasteiger charge is 2.23. The van der Waals surface area contributed by atoms with Gasteiger partial charge in [0, 0.05) is 18.3 Å². The predicted molar refractivity (Wildman–Crippen MR) is 91.9 cm³/mol. The van der Waals surface area contributed by atoms with Gasteiger partial charge in [-0.2, -0.15) is 5.10 Å². The van der Waals surface area contributed by atoms with Crippen LogP contribution in [-0.2, 0) is 11.3 Å². The lowest BCUT2D eigenvalue weighted by Gasteiger charge is -2.23. The summed E-state index contributed by atoms with van der Waals surface area (Å²) in [6.45, 7) is 4.02. The van der Waals surface area contributed by atoms with E-state index in [0.717, 1.165) is 6.42 Å². The summed E-state index contributed by atoms with van der Waals surface area (Å²) in [6, 6.07) is 7.66. The van der Waals surface area contributed by atoms with Crippen LogP contribution in [0.4, 0.5) is 11.4 Å². The zero-order chi connectivity index (χ0) is 18.0. The minimum absolute atomic E-state index is 0.139. The number of carbonyl (C=O) groups is 2. The first-order valence-corrected chi connectivity index (χ1v) is 7.99. The quantitative estimate of drug-likeness (QED) is 0.879. The standard InChI is InChI=1S/C17H18N4O4/c1-3-8-21-15(22)7-5-12(20-21)17(24)18-11-4-6-14-13(9-11)19-16(23)10(2)25-14/h4-7,9-10H,3,8H2,1-2H3,(H,18,24)(H,19,23)/t10-/m1/s1. The van der Waals surface area contributed by atoms with Gasteiger partial charge >= 0.3 is 0 Å². The number of ether oxygens (including phenoxy) is 1. The molecule has 0 bridgehead atoms. The van der Waals surface area contributed by atoms with Gasteiger partial charge in [0.1, 0.15) is 11.4 Å². The van der Waals surface area contributed by atoms with Gasteiger partial charge in [-0.15, -0.1) is 0 Å². The van der Waals surface area contributed by atoms with Crippen LogP contribution in [0.1, 0.15) is 30.8 Å². The molecular formula is C17H18N4O4. The van der Waals surface area contributed by atoms with E-state index in [1.54, 1.807) is 25.1 Å². The minimum atomic E-state index is -0.559. The molecule has 2 N–H and O–H groups in total. The molecule has 1 aliphatic rings. The molecule has 3 rings (SSSR count). The summed E-state index contributed by atoms with van der Waals surface area (Å²) in [6.07, 6.45) is 0.178. The SMILES string of the molecule is CCCn1nc(C(=O)Nc2ccc3c(c2)NC(=O)[C@@H](C)O3)ccc1=O. The van der Waals surface area contributed by atoms with E-state index in [0.29, 0.717) is 23.7 Å². The Morgan fingerprint density at radius 1 is 1.32 bits per heavy atom. The molecule has 8 nitrogen and oxygen atoms in total. The van der Waals surface area contributed by atoms with E-state index in [1.807, 2.05) is 6.92 Å². The van der Waals surface area contributed by atoms with Gasteiger partial charge < -0.3 is 15.4 Å². The summed E-state index contributed by atoms with van der Waals surface area (Å²) in [7, 11) is 0. The first-order chi connectivity index (χ1) is 12.0. The number of nitrogens with one attached hydrogen (secondary N) is 2. The lowest BCUT2D eigenvalue weighted by molar-refractivity contribution is -0.122. The highest BCUT2D eigenvalue weighted by Crippen LogP contribution is 2.32. The van der Waals surface area contributed by atoms with Crippen molar-refractivity contribution in [2.75, 3.05) is 10.6 Å². The van der Waals surface area contributed by atoms with Crippen LogP contribution in [0.5, 0.6) is 5.75 Å². The van der Waals surface area contributed by atoms with Crippen LogP contribution >= 0.6 is 0 Å². The fourth-order valence-electron chi connectivity index (χ4n) is 2.42. The topological polar surface area (TPSA) is 102 Å². The molecule has 2 heterocycles. The molecule has 0 unspecified atom stereocenters. The van der Waals surface area contributed by atoms with Crippen molar-refractivity contribution in [2.24, 2.45) is 0 Å². The maximum Gasteiger partial charge on any atom is 0.276 e. The third kappa shape index (κ3) is 3.52. The summed E-state index contributed by atoms with van der Waals surface area (Å²) < 4.78 is 6.73. The van der Waals surface area contributed by atoms with E-state index < -0.39 is 12.0 Å². The Kier molecular flexibility index (Phi) is 4.51. The maximum absolute atomic E-state index is 12.4. The molecular weight excluding hydrogens is 324 g/mol. The van der Waals surface area contributed by atoms with E-state index in [2.05, 4.69) is 15.7 Å². The number of carbonyl (C=O) groups excluding carboxylic acids is 2. The normalized spacial score (nSPS) is 15.8. The number of benzene rings is 1. The molecule has 1 atom stereocenters. The fourth-order valence-corrected chi connectivity index (χ4v) is 2.42. The van der Waals surface area contributed by atoms with Crippen molar-refractivity contribution < 1.29 is 14.3 Å². The number of hydrogen-bond acceptors (Lipinski definition) is 5. The lowest BCUT2D eigenvalue weighted by Crippen LogP contribution is -2.34. The molecule has 0 saturated carbocycles. The zero-order valence-electron chi connectivity index (χ0n) is 13.9. The van der Waals surface area contributed by atoms with Crippen LogP contribution in [0.15, 0.2) is 35.1 Å². The largest absolute Gasteiger partial charge is 0.479 e. The van der Waals surface area contributed by atoms with Crippen LogP contribution < -0.4 is 20.9 Å². The van der Waals surface area contributed by atoms with Gasteiger partial charge in [0.2, 0.25) is 0 Å². The van der Waals surface area contributed by atoms with E-state index in [-0.39, 0.29) is 17.2 Å². The first kappa shape index (κ1) is 16.7. The average molecular weight is 342 g/mol. The molecule has 0 radical (unpaired) electrons. The van der Waals surface area contributed by atoms with Gasteiger partial charge in [0.15, 0.2) is 6.10 Å². The van der Waals surface area contributed by atoms with Crippen molar-refractivity contribution in [1.82, 2.24) is 9.78 Å². The molecule has 0 spiro atoms. The Balaban J connectivity index is 1.80. The third-order valence-corrected chi connectivity index (χ3v) is 3.70. The van der Waals surface area contributed by atoms with Gasteiger partial charge in [-0.1, -0.05) is 6.92 Å². The Labute approximate surface area is 143 Å². The molecule has 0 aliphatic carbocycles. The number of rotatable bonds is 4. The van der Waals surface area contributed by atoms with Crippen LogP contribution in [0.2, 0.25) is 0 Å². The zero-order valence-corrected chi connectivity index (χ0v) is 13.9. The molecule has 0 saturated heterocycles. The third-order valence-electron chi connectivity index (χ3n) is 3.70. The number of amides is 2. The molecule has 2 amide bonds. The van der Waals surface area contributed by atoms with E-state index in [4.69, 9.17) is 4.74 Å². The average Bonchev–Trinajstić information content (AvgIpc) is 2.58. The number of aromatic nitrogens is 2. The molecule has 2 aromatic rings. The molecule has 0 fully saturated rings. The van der Waals surface area contributed by atoms with Gasteiger partial charge in [-0.05, 0) is 37.6 Å². The lowest BCUT2D eigenvalue weighted by atomic mass is 10.2. The van der Waals surface area contributed by atoms with Crippen LogP contribution in [0, 0.1) is 0 Å². The number of fused-ring (bicyclic) bond motifs is 1. The van der Waals surface area contributed by atoms with E-state index in [1.165, 1.54) is 16.8 Å². The summed E-state index contributed by atoms with van der Waals surface area (Å²) in [5.74, 6) is -0.148. The van der Waals surface area contributed by atoms with Crippen molar-refractivity contribution in [2.45, 2.75) is 32.9 Å². The second-order valence-corrected chi connectivity index (χ2v) is 5.69. The Hall–Kier alpha value is -3.16.